The number of halogens is 1. The third-order valence-corrected chi connectivity index (χ3v) is 2.85. The van der Waals surface area contributed by atoms with Crippen LogP contribution < -0.4 is 5.73 Å². The zero-order valence-corrected chi connectivity index (χ0v) is 10.2. The second-order valence-corrected chi connectivity index (χ2v) is 4.38. The monoisotopic (exact) mass is 283 g/mol. The Morgan fingerprint density at radius 2 is 1.08 bits per heavy atom. The van der Waals surface area contributed by atoms with Crippen molar-refractivity contribution in [2.24, 2.45) is 5.73 Å². The molecule has 0 aliphatic rings. The summed E-state index contributed by atoms with van der Waals surface area (Å²) in [5, 5.41) is 0. The van der Waals surface area contributed by atoms with E-state index in [9.17, 15) is 0 Å². The van der Waals surface area contributed by atoms with E-state index in [1.54, 1.807) is 0 Å². The van der Waals surface area contributed by atoms with Crippen LogP contribution in [0.15, 0.2) is 0 Å². The molecular formula is C10H22IN. The Morgan fingerprint density at radius 3 is 1.50 bits per heavy atom. The van der Waals surface area contributed by atoms with E-state index >= 15 is 0 Å². The number of rotatable bonds is 9. The Morgan fingerprint density at radius 1 is 0.667 bits per heavy atom. The van der Waals surface area contributed by atoms with Gasteiger partial charge in [-0.3, -0.25) is 0 Å². The van der Waals surface area contributed by atoms with Crippen LogP contribution in [0.5, 0.6) is 0 Å². The van der Waals surface area contributed by atoms with Crippen molar-refractivity contribution in [3.05, 3.63) is 0 Å². The molecule has 0 amide bonds. The number of nitrogens with two attached hydrogens (primary N) is 1. The lowest BCUT2D eigenvalue weighted by Gasteiger charge is -1.99. The van der Waals surface area contributed by atoms with E-state index in [-0.39, 0.29) is 0 Å². The highest BCUT2D eigenvalue weighted by Crippen LogP contribution is 2.08. The highest BCUT2D eigenvalue weighted by molar-refractivity contribution is 14.1. The normalized spacial score (nSPS) is 10.5. The van der Waals surface area contributed by atoms with Crippen LogP contribution in [0.25, 0.3) is 0 Å². The predicted octanol–water partition coefficient (Wildman–Crippen LogP) is 3.50. The molecule has 0 bridgehead atoms. The Kier molecular flexibility index (Phi) is 12.4. The minimum atomic E-state index is 0.870. The summed E-state index contributed by atoms with van der Waals surface area (Å²) in [7, 11) is 0. The fourth-order valence-corrected chi connectivity index (χ4v) is 1.84. The van der Waals surface area contributed by atoms with Gasteiger partial charge in [-0.25, -0.2) is 0 Å². The summed E-state index contributed by atoms with van der Waals surface area (Å²) in [6.07, 6.45) is 11.1. The van der Waals surface area contributed by atoms with Gasteiger partial charge in [0.2, 0.25) is 0 Å². The van der Waals surface area contributed by atoms with E-state index in [1.807, 2.05) is 0 Å². The SMILES string of the molecule is NCCCCCCCCCCI. The highest BCUT2D eigenvalue weighted by Gasteiger charge is 1.90. The molecule has 0 radical (unpaired) electrons. The first-order chi connectivity index (χ1) is 5.91. The van der Waals surface area contributed by atoms with Gasteiger partial charge in [-0.05, 0) is 23.8 Å². The molecule has 2 N–H and O–H groups in total. The first-order valence-corrected chi connectivity index (χ1v) is 6.70. The maximum atomic E-state index is 5.41. The maximum Gasteiger partial charge on any atom is -0.000473 e. The van der Waals surface area contributed by atoms with E-state index in [0.29, 0.717) is 0 Å². The van der Waals surface area contributed by atoms with Crippen molar-refractivity contribution >= 4 is 22.6 Å². The van der Waals surface area contributed by atoms with Crippen molar-refractivity contribution < 1.29 is 0 Å². The molecule has 0 rings (SSSR count). The molecule has 0 aromatic rings. The summed E-state index contributed by atoms with van der Waals surface area (Å²) in [5.41, 5.74) is 5.41. The second-order valence-electron chi connectivity index (χ2n) is 3.31. The van der Waals surface area contributed by atoms with Crippen molar-refractivity contribution in [1.29, 1.82) is 0 Å². The third-order valence-electron chi connectivity index (χ3n) is 2.09. The summed E-state index contributed by atoms with van der Waals surface area (Å²) >= 11 is 2.45. The molecule has 0 aliphatic carbocycles. The molecule has 1 nitrogen and oxygen atoms in total. The van der Waals surface area contributed by atoms with Gasteiger partial charge in [0, 0.05) is 0 Å². The molecule has 0 heterocycles. The van der Waals surface area contributed by atoms with E-state index in [1.165, 1.54) is 55.8 Å². The first-order valence-electron chi connectivity index (χ1n) is 5.18. The molecule has 0 spiro atoms. The van der Waals surface area contributed by atoms with E-state index in [4.69, 9.17) is 5.73 Å². The van der Waals surface area contributed by atoms with Crippen LogP contribution in [0.2, 0.25) is 0 Å². The van der Waals surface area contributed by atoms with E-state index in [2.05, 4.69) is 22.6 Å². The average molecular weight is 283 g/mol. The van der Waals surface area contributed by atoms with Crippen LogP contribution in [0.1, 0.15) is 51.4 Å². The summed E-state index contributed by atoms with van der Waals surface area (Å²) in [6.45, 7) is 0.870. The van der Waals surface area contributed by atoms with Gasteiger partial charge in [0.1, 0.15) is 0 Å². The summed E-state index contributed by atoms with van der Waals surface area (Å²) in [5.74, 6) is 0. The standard InChI is InChI=1S/C10H22IN/c11-9-7-5-3-1-2-4-6-8-10-12/h1-10,12H2. The van der Waals surface area contributed by atoms with Crippen molar-refractivity contribution in [1.82, 2.24) is 0 Å². The number of alkyl halides is 1. The van der Waals surface area contributed by atoms with Crippen LogP contribution in [0.3, 0.4) is 0 Å². The molecular weight excluding hydrogens is 261 g/mol. The number of unbranched alkanes of at least 4 members (excludes halogenated alkanes) is 7. The second kappa shape index (κ2) is 11.7. The molecule has 12 heavy (non-hydrogen) atoms. The van der Waals surface area contributed by atoms with Crippen molar-refractivity contribution in [3.8, 4) is 0 Å². The van der Waals surface area contributed by atoms with Gasteiger partial charge in [0.05, 0.1) is 0 Å². The molecule has 0 aromatic carbocycles. The Hall–Kier alpha value is 0.690. The van der Waals surface area contributed by atoms with Crippen LogP contribution in [-0.4, -0.2) is 11.0 Å². The molecule has 0 atom stereocenters. The van der Waals surface area contributed by atoms with Gasteiger partial charge in [-0.15, -0.1) is 0 Å². The number of hydrogen-bond donors (Lipinski definition) is 1. The van der Waals surface area contributed by atoms with Crippen molar-refractivity contribution in [2.45, 2.75) is 51.4 Å². The largest absolute Gasteiger partial charge is 0.330 e. The van der Waals surface area contributed by atoms with E-state index in [0.717, 1.165) is 6.54 Å². The van der Waals surface area contributed by atoms with Gasteiger partial charge in [-0.1, -0.05) is 61.1 Å². The Labute approximate surface area is 90.6 Å². The summed E-state index contributed by atoms with van der Waals surface area (Å²) < 4.78 is 1.32. The minimum Gasteiger partial charge on any atom is -0.330 e. The van der Waals surface area contributed by atoms with Gasteiger partial charge >= 0.3 is 0 Å². The van der Waals surface area contributed by atoms with Gasteiger partial charge < -0.3 is 5.73 Å². The predicted molar refractivity (Wildman–Crippen MR) is 64.9 cm³/mol. The first kappa shape index (κ1) is 12.7. The van der Waals surface area contributed by atoms with Crippen LogP contribution in [-0.2, 0) is 0 Å². The van der Waals surface area contributed by atoms with Crippen LogP contribution in [0.4, 0.5) is 0 Å². The minimum absolute atomic E-state index is 0.870. The Balaban J connectivity index is 2.73. The molecule has 0 fully saturated rings. The van der Waals surface area contributed by atoms with Gasteiger partial charge in [-0.2, -0.15) is 0 Å². The topological polar surface area (TPSA) is 26.0 Å². The molecule has 74 valence electrons. The smallest absolute Gasteiger partial charge is 0.000473 e. The molecule has 0 aliphatic heterocycles. The van der Waals surface area contributed by atoms with E-state index < -0.39 is 0 Å². The lowest BCUT2D eigenvalue weighted by Crippen LogP contribution is -1.97. The lowest BCUT2D eigenvalue weighted by molar-refractivity contribution is 0.580. The molecule has 0 saturated heterocycles. The van der Waals surface area contributed by atoms with Crippen LogP contribution in [0, 0.1) is 0 Å². The molecule has 2 heteroatoms. The van der Waals surface area contributed by atoms with Crippen molar-refractivity contribution in [3.63, 3.8) is 0 Å². The zero-order valence-electron chi connectivity index (χ0n) is 8.03. The van der Waals surface area contributed by atoms with Crippen LogP contribution >= 0.6 is 22.6 Å². The average Bonchev–Trinajstić information content (AvgIpc) is 2.10. The third kappa shape index (κ3) is 10.7. The van der Waals surface area contributed by atoms with Gasteiger partial charge in [0.15, 0.2) is 0 Å². The summed E-state index contributed by atoms with van der Waals surface area (Å²) in [4.78, 5) is 0. The molecule has 0 unspecified atom stereocenters. The zero-order chi connectivity index (χ0) is 9.07. The number of hydrogen-bond acceptors (Lipinski definition) is 1. The lowest BCUT2D eigenvalue weighted by atomic mass is 10.1. The molecule has 0 saturated carbocycles. The maximum absolute atomic E-state index is 5.41. The Bertz CT molecular complexity index is 66.2. The fraction of sp³-hybridized carbons (Fsp3) is 1.00. The highest BCUT2D eigenvalue weighted by atomic mass is 127. The van der Waals surface area contributed by atoms with Gasteiger partial charge in [0.25, 0.3) is 0 Å². The van der Waals surface area contributed by atoms with Crippen molar-refractivity contribution in [2.75, 3.05) is 11.0 Å². The molecule has 0 aromatic heterocycles. The summed E-state index contributed by atoms with van der Waals surface area (Å²) in [6, 6.07) is 0. The fourth-order valence-electron chi connectivity index (χ4n) is 1.30. The quantitative estimate of drug-likeness (QED) is 0.391.